The number of anilines is 2. The molecule has 0 spiro atoms. The largest absolute Gasteiger partial charge is 0.493 e. The maximum atomic E-state index is 13.4. The zero-order valence-electron chi connectivity index (χ0n) is 16.9. The molecule has 0 saturated heterocycles. The molecule has 0 atom stereocenters. The van der Waals surface area contributed by atoms with Gasteiger partial charge in [-0.1, -0.05) is 34.1 Å². The van der Waals surface area contributed by atoms with Gasteiger partial charge in [-0.3, -0.25) is 9.59 Å². The zero-order valence-corrected chi connectivity index (χ0v) is 18.5. The molecule has 2 N–H and O–H groups in total. The first-order chi connectivity index (χ1) is 14.9. The van der Waals surface area contributed by atoms with Crippen LogP contribution in [-0.2, 0) is 11.2 Å². The lowest BCUT2D eigenvalue weighted by Gasteiger charge is -2.14. The van der Waals surface area contributed by atoms with Crippen molar-refractivity contribution >= 4 is 39.1 Å². The van der Waals surface area contributed by atoms with Crippen LogP contribution in [0.2, 0.25) is 0 Å². The molecule has 0 unspecified atom stereocenters. The predicted octanol–water partition coefficient (Wildman–Crippen LogP) is 5.04. The summed E-state index contributed by atoms with van der Waals surface area (Å²) in [5.74, 6) is -0.200. The molecule has 3 aromatic carbocycles. The van der Waals surface area contributed by atoms with Gasteiger partial charge in [-0.25, -0.2) is 4.39 Å². The molecule has 0 bridgehead atoms. The van der Waals surface area contributed by atoms with Crippen LogP contribution in [0.15, 0.2) is 65.1 Å². The Morgan fingerprint density at radius 1 is 0.935 bits per heavy atom. The molecule has 3 aromatic rings. The highest BCUT2D eigenvalue weighted by Gasteiger charge is 2.16. The molecule has 0 aliphatic rings. The highest BCUT2D eigenvalue weighted by Crippen LogP contribution is 2.33. The maximum absolute atomic E-state index is 13.4. The lowest BCUT2D eigenvalue weighted by Crippen LogP contribution is -2.19. The number of amides is 2. The number of carbonyl (C=O) groups excluding carboxylic acids is 2. The van der Waals surface area contributed by atoms with Gasteiger partial charge in [-0.05, 0) is 48.0 Å². The minimum atomic E-state index is -0.464. The van der Waals surface area contributed by atoms with Crippen LogP contribution in [-0.4, -0.2) is 26.0 Å². The van der Waals surface area contributed by atoms with Crippen LogP contribution in [0.4, 0.5) is 15.8 Å². The monoisotopic (exact) mass is 486 g/mol. The highest BCUT2D eigenvalue weighted by atomic mass is 79.9. The molecule has 0 aliphatic heterocycles. The molecule has 6 nitrogen and oxygen atoms in total. The average molecular weight is 487 g/mol. The van der Waals surface area contributed by atoms with Crippen LogP contribution in [0.3, 0.4) is 0 Å². The van der Waals surface area contributed by atoms with E-state index in [1.165, 1.54) is 32.4 Å². The van der Waals surface area contributed by atoms with E-state index in [1.807, 2.05) is 0 Å². The minimum Gasteiger partial charge on any atom is -0.493 e. The van der Waals surface area contributed by atoms with E-state index in [0.717, 1.165) is 0 Å². The molecule has 0 aliphatic carbocycles. The van der Waals surface area contributed by atoms with Gasteiger partial charge in [0.1, 0.15) is 5.82 Å². The zero-order chi connectivity index (χ0) is 22.4. The Balaban J connectivity index is 1.76. The smallest absolute Gasteiger partial charge is 0.257 e. The summed E-state index contributed by atoms with van der Waals surface area (Å²) < 4.78 is 24.6. The Hall–Kier alpha value is -3.39. The first kappa shape index (κ1) is 22.3. The Morgan fingerprint density at radius 2 is 1.65 bits per heavy atom. The molecule has 2 amide bonds. The van der Waals surface area contributed by atoms with Gasteiger partial charge in [0.05, 0.1) is 31.9 Å². The Kier molecular flexibility index (Phi) is 7.25. The van der Waals surface area contributed by atoms with Crippen molar-refractivity contribution < 1.29 is 23.5 Å². The normalized spacial score (nSPS) is 10.3. The average Bonchev–Trinajstić information content (AvgIpc) is 2.75. The second kappa shape index (κ2) is 10.1. The number of hydrogen-bond acceptors (Lipinski definition) is 4. The molecule has 160 valence electrons. The summed E-state index contributed by atoms with van der Waals surface area (Å²) in [6.07, 6.45) is 0.0424. The highest BCUT2D eigenvalue weighted by molar-refractivity contribution is 9.10. The maximum Gasteiger partial charge on any atom is 0.257 e. The summed E-state index contributed by atoms with van der Waals surface area (Å²) in [6.45, 7) is 0. The van der Waals surface area contributed by atoms with Gasteiger partial charge in [0.15, 0.2) is 11.5 Å². The molecular weight excluding hydrogens is 467 g/mol. The number of carbonyl (C=O) groups is 2. The molecule has 31 heavy (non-hydrogen) atoms. The summed E-state index contributed by atoms with van der Waals surface area (Å²) >= 11 is 3.44. The lowest BCUT2D eigenvalue weighted by atomic mass is 10.1. The van der Waals surface area contributed by atoms with E-state index in [2.05, 4.69) is 26.6 Å². The molecule has 3 rings (SSSR count). The number of benzene rings is 3. The van der Waals surface area contributed by atoms with Gasteiger partial charge >= 0.3 is 0 Å². The van der Waals surface area contributed by atoms with Crippen LogP contribution in [0.25, 0.3) is 0 Å². The topological polar surface area (TPSA) is 76.7 Å². The van der Waals surface area contributed by atoms with Gasteiger partial charge in [-0.15, -0.1) is 0 Å². The third-order valence-electron chi connectivity index (χ3n) is 4.43. The summed E-state index contributed by atoms with van der Waals surface area (Å²) in [5, 5.41) is 5.39. The molecule has 0 radical (unpaired) electrons. The lowest BCUT2D eigenvalue weighted by molar-refractivity contribution is -0.115. The Morgan fingerprint density at radius 3 is 2.35 bits per heavy atom. The standard InChI is InChI=1S/C23H20BrFN2O4/c1-30-20-10-14(18(24)13-21(20)31-2)11-22(28)27-19-9-4-3-8-17(19)23(29)26-16-7-5-6-15(25)12-16/h3-10,12-13H,11H2,1-2H3,(H,26,29)(H,27,28). The molecule has 0 fully saturated rings. The number of halogens is 2. The Bertz CT molecular complexity index is 1120. The first-order valence-corrected chi connectivity index (χ1v) is 10.1. The molecular formula is C23H20BrFN2O4. The third kappa shape index (κ3) is 5.61. The van der Waals surface area contributed by atoms with Crippen LogP contribution < -0.4 is 20.1 Å². The van der Waals surface area contributed by atoms with Crippen molar-refractivity contribution in [3.8, 4) is 11.5 Å². The molecule has 8 heteroatoms. The van der Waals surface area contributed by atoms with Gasteiger partial charge in [-0.2, -0.15) is 0 Å². The van der Waals surface area contributed by atoms with E-state index in [9.17, 15) is 14.0 Å². The third-order valence-corrected chi connectivity index (χ3v) is 5.17. The van der Waals surface area contributed by atoms with E-state index in [4.69, 9.17) is 9.47 Å². The molecule has 0 heterocycles. The predicted molar refractivity (Wildman–Crippen MR) is 120 cm³/mol. The SMILES string of the molecule is COc1cc(Br)c(CC(=O)Nc2ccccc2C(=O)Nc2cccc(F)c2)cc1OC. The van der Waals surface area contributed by atoms with E-state index >= 15 is 0 Å². The van der Waals surface area contributed by atoms with E-state index < -0.39 is 11.7 Å². The van der Waals surface area contributed by atoms with Crippen molar-refractivity contribution in [3.63, 3.8) is 0 Å². The summed E-state index contributed by atoms with van der Waals surface area (Å²) in [7, 11) is 3.05. The fourth-order valence-electron chi connectivity index (χ4n) is 2.95. The van der Waals surface area contributed by atoms with Gasteiger partial charge < -0.3 is 20.1 Å². The number of nitrogens with one attached hydrogen (secondary N) is 2. The number of rotatable bonds is 7. The summed E-state index contributed by atoms with van der Waals surface area (Å²) in [6, 6.07) is 15.6. The van der Waals surface area contributed by atoms with Gasteiger partial charge in [0, 0.05) is 10.2 Å². The summed E-state index contributed by atoms with van der Waals surface area (Å²) in [5.41, 5.74) is 1.61. The van der Waals surface area contributed by atoms with Crippen LogP contribution in [0, 0.1) is 5.82 Å². The van der Waals surface area contributed by atoms with E-state index in [-0.39, 0.29) is 17.9 Å². The second-order valence-electron chi connectivity index (χ2n) is 6.53. The fourth-order valence-corrected chi connectivity index (χ4v) is 3.42. The Labute approximate surface area is 187 Å². The molecule has 0 saturated carbocycles. The van der Waals surface area contributed by atoms with E-state index in [0.29, 0.717) is 32.9 Å². The number of ether oxygens (including phenoxy) is 2. The molecule has 0 aromatic heterocycles. The van der Waals surface area contributed by atoms with Gasteiger partial charge in [0.25, 0.3) is 5.91 Å². The van der Waals surface area contributed by atoms with Crippen molar-refractivity contribution in [3.05, 3.63) is 82.1 Å². The minimum absolute atomic E-state index is 0.0424. The first-order valence-electron chi connectivity index (χ1n) is 9.27. The van der Waals surface area contributed by atoms with Crippen molar-refractivity contribution in [1.82, 2.24) is 0 Å². The van der Waals surface area contributed by atoms with Crippen molar-refractivity contribution in [2.75, 3.05) is 24.9 Å². The van der Waals surface area contributed by atoms with Crippen molar-refractivity contribution in [2.45, 2.75) is 6.42 Å². The quantitative estimate of drug-likeness (QED) is 0.490. The summed E-state index contributed by atoms with van der Waals surface area (Å²) in [4.78, 5) is 25.4. The fraction of sp³-hybridized carbons (Fsp3) is 0.130. The van der Waals surface area contributed by atoms with Crippen LogP contribution in [0.1, 0.15) is 15.9 Å². The number of methoxy groups -OCH3 is 2. The van der Waals surface area contributed by atoms with Crippen molar-refractivity contribution in [1.29, 1.82) is 0 Å². The van der Waals surface area contributed by atoms with Crippen LogP contribution in [0.5, 0.6) is 11.5 Å². The van der Waals surface area contributed by atoms with Crippen LogP contribution >= 0.6 is 15.9 Å². The van der Waals surface area contributed by atoms with E-state index in [1.54, 1.807) is 42.5 Å². The van der Waals surface area contributed by atoms with Gasteiger partial charge in [0.2, 0.25) is 5.91 Å². The second-order valence-corrected chi connectivity index (χ2v) is 7.39. The number of para-hydroxylation sites is 1. The number of hydrogen-bond donors (Lipinski definition) is 2. The van der Waals surface area contributed by atoms with Crippen molar-refractivity contribution in [2.24, 2.45) is 0 Å².